The lowest BCUT2D eigenvalue weighted by Gasteiger charge is -2.11. The molecule has 2 heterocycles. The number of nitrogens with one attached hydrogen (secondary N) is 1. The fraction of sp³-hybridized carbons (Fsp3) is 0.200. The number of anilines is 2. The minimum atomic E-state index is -0.0406. The summed E-state index contributed by atoms with van der Waals surface area (Å²) >= 11 is 1.53. The zero-order valence-corrected chi connectivity index (χ0v) is 17.9. The molecule has 30 heavy (non-hydrogen) atoms. The number of benzene rings is 3. The van der Waals surface area contributed by atoms with Gasteiger partial charge in [0.2, 0.25) is 5.91 Å². The van der Waals surface area contributed by atoms with Crippen LogP contribution in [0.1, 0.15) is 16.0 Å². The SMILES string of the molecule is Cc1sc(NC(=O)Cc2ccc3ccccc3c2)nc1-c1ccc2c(c1)CCN2C. The Morgan fingerprint density at radius 2 is 1.93 bits per heavy atom. The molecule has 1 N–H and O–H groups in total. The highest BCUT2D eigenvalue weighted by molar-refractivity contribution is 7.16. The smallest absolute Gasteiger partial charge is 0.230 e. The van der Waals surface area contributed by atoms with Gasteiger partial charge in [-0.25, -0.2) is 4.98 Å². The van der Waals surface area contributed by atoms with Gasteiger partial charge < -0.3 is 10.2 Å². The quantitative estimate of drug-likeness (QED) is 0.484. The number of amides is 1. The molecule has 0 fully saturated rings. The first-order valence-electron chi connectivity index (χ1n) is 10.2. The number of hydrogen-bond acceptors (Lipinski definition) is 4. The molecule has 0 saturated heterocycles. The van der Waals surface area contributed by atoms with E-state index < -0.39 is 0 Å². The van der Waals surface area contributed by atoms with Crippen LogP contribution >= 0.6 is 11.3 Å². The van der Waals surface area contributed by atoms with E-state index in [-0.39, 0.29) is 5.91 Å². The summed E-state index contributed by atoms with van der Waals surface area (Å²) in [5.41, 5.74) is 5.74. The maximum absolute atomic E-state index is 12.6. The molecule has 0 radical (unpaired) electrons. The molecule has 4 aromatic rings. The van der Waals surface area contributed by atoms with Crippen LogP contribution in [0.25, 0.3) is 22.0 Å². The van der Waals surface area contributed by atoms with Crippen molar-refractivity contribution in [2.24, 2.45) is 0 Å². The first-order valence-corrected chi connectivity index (χ1v) is 11.0. The Hall–Kier alpha value is -3.18. The number of hydrogen-bond donors (Lipinski definition) is 1. The van der Waals surface area contributed by atoms with Gasteiger partial charge in [-0.05, 0) is 47.4 Å². The van der Waals surface area contributed by atoms with Gasteiger partial charge in [-0.2, -0.15) is 0 Å². The van der Waals surface area contributed by atoms with Crippen molar-refractivity contribution in [2.45, 2.75) is 19.8 Å². The fourth-order valence-corrected chi connectivity index (χ4v) is 4.98. The fourth-order valence-electron chi connectivity index (χ4n) is 4.13. The van der Waals surface area contributed by atoms with Gasteiger partial charge in [0.05, 0.1) is 12.1 Å². The van der Waals surface area contributed by atoms with E-state index in [9.17, 15) is 4.79 Å². The van der Waals surface area contributed by atoms with Crippen molar-refractivity contribution >= 4 is 38.8 Å². The second-order valence-electron chi connectivity index (χ2n) is 7.85. The second-order valence-corrected chi connectivity index (χ2v) is 9.05. The third-order valence-electron chi connectivity index (χ3n) is 5.70. The van der Waals surface area contributed by atoms with Crippen LogP contribution in [-0.4, -0.2) is 24.5 Å². The number of fused-ring (bicyclic) bond motifs is 2. The maximum atomic E-state index is 12.6. The number of nitrogens with zero attached hydrogens (tertiary/aromatic N) is 2. The largest absolute Gasteiger partial charge is 0.374 e. The van der Waals surface area contributed by atoms with Gasteiger partial charge in [-0.3, -0.25) is 4.79 Å². The number of thiazole rings is 1. The summed E-state index contributed by atoms with van der Waals surface area (Å²) in [6, 6.07) is 20.9. The first kappa shape index (κ1) is 18.8. The van der Waals surface area contributed by atoms with Crippen molar-refractivity contribution in [3.05, 3.63) is 76.7 Å². The molecule has 4 nitrogen and oxygen atoms in total. The van der Waals surface area contributed by atoms with Crippen LogP contribution in [0.2, 0.25) is 0 Å². The Kier molecular flexibility index (Phi) is 4.75. The molecule has 0 atom stereocenters. The molecule has 150 valence electrons. The normalized spacial score (nSPS) is 12.9. The number of aryl methyl sites for hydroxylation is 1. The number of rotatable bonds is 4. The molecule has 3 aromatic carbocycles. The van der Waals surface area contributed by atoms with E-state index in [1.165, 1.54) is 28.0 Å². The van der Waals surface area contributed by atoms with Crippen LogP contribution in [0, 0.1) is 6.92 Å². The Labute approximate surface area is 180 Å². The summed E-state index contributed by atoms with van der Waals surface area (Å²) in [6.45, 7) is 3.12. The monoisotopic (exact) mass is 413 g/mol. The highest BCUT2D eigenvalue weighted by Crippen LogP contribution is 2.35. The van der Waals surface area contributed by atoms with Gasteiger partial charge in [-0.15, -0.1) is 11.3 Å². The van der Waals surface area contributed by atoms with Gasteiger partial charge in [0, 0.05) is 29.7 Å². The summed E-state index contributed by atoms with van der Waals surface area (Å²) in [5, 5.41) is 5.98. The van der Waals surface area contributed by atoms with Crippen molar-refractivity contribution in [1.82, 2.24) is 4.98 Å². The molecule has 1 aromatic heterocycles. The minimum Gasteiger partial charge on any atom is -0.374 e. The third kappa shape index (κ3) is 3.57. The third-order valence-corrected chi connectivity index (χ3v) is 6.59. The number of likely N-dealkylation sites (N-methyl/N-ethyl adjacent to an activating group) is 1. The Morgan fingerprint density at radius 3 is 2.80 bits per heavy atom. The van der Waals surface area contributed by atoms with Gasteiger partial charge in [0.1, 0.15) is 0 Å². The molecule has 0 saturated carbocycles. The van der Waals surface area contributed by atoms with E-state index >= 15 is 0 Å². The molecule has 5 heteroatoms. The molecular formula is C25H23N3OS. The first-order chi connectivity index (χ1) is 14.6. The number of aromatic nitrogens is 1. The molecule has 0 bridgehead atoms. The minimum absolute atomic E-state index is 0.0406. The zero-order valence-electron chi connectivity index (χ0n) is 17.1. The lowest BCUT2D eigenvalue weighted by molar-refractivity contribution is -0.115. The van der Waals surface area contributed by atoms with Gasteiger partial charge in [0.15, 0.2) is 5.13 Å². The van der Waals surface area contributed by atoms with Crippen molar-refractivity contribution in [1.29, 1.82) is 0 Å². The predicted octanol–water partition coefficient (Wildman–Crippen LogP) is 5.45. The summed E-state index contributed by atoms with van der Waals surface area (Å²) in [6.07, 6.45) is 1.40. The average molecular weight is 414 g/mol. The highest BCUT2D eigenvalue weighted by atomic mass is 32.1. The second kappa shape index (κ2) is 7.58. The van der Waals surface area contributed by atoms with E-state index in [0.717, 1.165) is 40.0 Å². The van der Waals surface area contributed by atoms with E-state index in [1.807, 2.05) is 18.2 Å². The van der Waals surface area contributed by atoms with Crippen molar-refractivity contribution < 1.29 is 4.79 Å². The zero-order chi connectivity index (χ0) is 20.7. The Balaban J connectivity index is 1.32. The molecule has 0 spiro atoms. The average Bonchev–Trinajstić information content (AvgIpc) is 3.29. The topological polar surface area (TPSA) is 45.2 Å². The summed E-state index contributed by atoms with van der Waals surface area (Å²) in [5.74, 6) is -0.0406. The van der Waals surface area contributed by atoms with Crippen LogP contribution in [0.5, 0.6) is 0 Å². The summed E-state index contributed by atoms with van der Waals surface area (Å²) in [7, 11) is 2.13. The standard InChI is InChI=1S/C25H23N3OS/c1-16-24(21-9-10-22-20(15-21)11-12-28(22)2)27-25(30-16)26-23(29)14-17-7-8-18-5-3-4-6-19(18)13-17/h3-10,13,15H,11-12,14H2,1-2H3,(H,26,27,29). The Bertz CT molecular complexity index is 1260. The number of carbonyl (C=O) groups is 1. The van der Waals surface area contributed by atoms with Crippen LogP contribution in [0.4, 0.5) is 10.8 Å². The molecule has 0 aliphatic carbocycles. The van der Waals surface area contributed by atoms with E-state index in [1.54, 1.807) is 0 Å². The van der Waals surface area contributed by atoms with Crippen molar-refractivity contribution in [3.8, 4) is 11.3 Å². The molecular weight excluding hydrogens is 390 g/mol. The van der Waals surface area contributed by atoms with Crippen molar-refractivity contribution in [3.63, 3.8) is 0 Å². The van der Waals surface area contributed by atoms with Crippen LogP contribution in [0.15, 0.2) is 60.7 Å². The van der Waals surface area contributed by atoms with E-state index in [4.69, 9.17) is 4.98 Å². The van der Waals surface area contributed by atoms with Crippen molar-refractivity contribution in [2.75, 3.05) is 23.8 Å². The van der Waals surface area contributed by atoms with Crippen LogP contribution < -0.4 is 10.2 Å². The molecule has 1 aliphatic heterocycles. The van der Waals surface area contributed by atoms with Crippen LogP contribution in [-0.2, 0) is 17.6 Å². The predicted molar refractivity (Wildman–Crippen MR) is 126 cm³/mol. The van der Waals surface area contributed by atoms with Crippen LogP contribution in [0.3, 0.4) is 0 Å². The molecule has 5 rings (SSSR count). The molecule has 1 aliphatic rings. The molecule has 0 unspecified atom stereocenters. The van der Waals surface area contributed by atoms with Gasteiger partial charge in [0.25, 0.3) is 0 Å². The van der Waals surface area contributed by atoms with Gasteiger partial charge >= 0.3 is 0 Å². The summed E-state index contributed by atoms with van der Waals surface area (Å²) < 4.78 is 0. The van der Waals surface area contributed by atoms with Gasteiger partial charge in [-0.1, -0.05) is 48.5 Å². The summed E-state index contributed by atoms with van der Waals surface area (Å²) in [4.78, 5) is 20.7. The maximum Gasteiger partial charge on any atom is 0.230 e. The van der Waals surface area contributed by atoms with E-state index in [0.29, 0.717) is 11.6 Å². The Morgan fingerprint density at radius 1 is 1.10 bits per heavy atom. The number of carbonyl (C=O) groups excluding carboxylic acids is 1. The highest BCUT2D eigenvalue weighted by Gasteiger charge is 2.18. The molecule has 1 amide bonds. The van der Waals surface area contributed by atoms with E-state index in [2.05, 4.69) is 66.7 Å². The lowest BCUT2D eigenvalue weighted by atomic mass is 10.1. The lowest BCUT2D eigenvalue weighted by Crippen LogP contribution is -2.14.